The van der Waals surface area contributed by atoms with Crippen molar-refractivity contribution in [1.29, 1.82) is 0 Å². The summed E-state index contributed by atoms with van der Waals surface area (Å²) in [5, 5.41) is 12.7. The van der Waals surface area contributed by atoms with Gasteiger partial charge in [0.1, 0.15) is 23.7 Å². The molecule has 3 aromatic carbocycles. The van der Waals surface area contributed by atoms with Crippen LogP contribution in [-0.4, -0.2) is 51.7 Å². The molecule has 0 aliphatic rings. The molecule has 2 N–H and O–H groups in total. The van der Waals surface area contributed by atoms with Crippen LogP contribution in [0.5, 0.6) is 11.6 Å². The Bertz CT molecular complexity index is 1700. The topological polar surface area (TPSA) is 97.2 Å². The second kappa shape index (κ2) is 11.4. The summed E-state index contributed by atoms with van der Waals surface area (Å²) in [5.74, 6) is 2.09. The highest BCUT2D eigenvalue weighted by Gasteiger charge is 2.22. The monoisotopic (exact) mass is 549 g/mol. The molecule has 0 aliphatic carbocycles. The van der Waals surface area contributed by atoms with Crippen molar-refractivity contribution in [3.8, 4) is 17.3 Å². The van der Waals surface area contributed by atoms with Crippen LogP contribution in [0.3, 0.4) is 0 Å². The number of benzene rings is 3. The van der Waals surface area contributed by atoms with Crippen LogP contribution in [0.2, 0.25) is 0 Å². The van der Waals surface area contributed by atoms with Crippen molar-refractivity contribution in [2.75, 3.05) is 31.8 Å². The summed E-state index contributed by atoms with van der Waals surface area (Å²) in [6.07, 6.45) is 1.44. The summed E-state index contributed by atoms with van der Waals surface area (Å²) in [4.78, 5) is 24.1. The number of hydrogen-bond acceptors (Lipinski definition) is 7. The molecule has 210 valence electrons. The minimum atomic E-state index is -0.218. The predicted molar refractivity (Wildman–Crippen MR) is 163 cm³/mol. The third-order valence-corrected chi connectivity index (χ3v) is 6.59. The summed E-state index contributed by atoms with van der Waals surface area (Å²) >= 11 is 0. The third kappa shape index (κ3) is 6.36. The molecule has 9 nitrogen and oxygen atoms in total. The lowest BCUT2D eigenvalue weighted by atomic mass is 9.92. The molecule has 2 heterocycles. The number of fused-ring (bicyclic) bond motifs is 1. The van der Waals surface area contributed by atoms with E-state index >= 15 is 0 Å². The fourth-order valence-corrected chi connectivity index (χ4v) is 4.54. The smallest absolute Gasteiger partial charge is 0.257 e. The van der Waals surface area contributed by atoms with E-state index in [9.17, 15) is 4.79 Å². The van der Waals surface area contributed by atoms with Gasteiger partial charge in [-0.3, -0.25) is 4.79 Å². The molecule has 1 amide bonds. The summed E-state index contributed by atoms with van der Waals surface area (Å²) in [6, 6.07) is 23.2. The number of anilines is 2. The fourth-order valence-electron chi connectivity index (χ4n) is 4.54. The van der Waals surface area contributed by atoms with E-state index in [2.05, 4.69) is 58.4 Å². The van der Waals surface area contributed by atoms with Gasteiger partial charge in [0, 0.05) is 36.7 Å². The lowest BCUT2D eigenvalue weighted by molar-refractivity contribution is 0.102. The molecule has 0 radical (unpaired) electrons. The largest absolute Gasteiger partial charge is 0.439 e. The number of ether oxygens (including phenoxy) is 1. The van der Waals surface area contributed by atoms with Gasteiger partial charge < -0.3 is 20.3 Å². The normalized spacial score (nSPS) is 11.6. The molecule has 41 heavy (non-hydrogen) atoms. The number of aromatic nitrogens is 4. The van der Waals surface area contributed by atoms with Gasteiger partial charge in [-0.25, -0.2) is 14.6 Å². The Morgan fingerprint density at radius 2 is 1.78 bits per heavy atom. The second-order valence-corrected chi connectivity index (χ2v) is 11.2. The molecule has 0 bridgehead atoms. The fraction of sp³-hybridized carbons (Fsp3) is 0.250. The molecular weight excluding hydrogens is 514 g/mol. The van der Waals surface area contributed by atoms with Crippen LogP contribution >= 0.6 is 0 Å². The zero-order chi connectivity index (χ0) is 29.1. The van der Waals surface area contributed by atoms with Crippen molar-refractivity contribution in [3.63, 3.8) is 0 Å². The van der Waals surface area contributed by atoms with Crippen molar-refractivity contribution < 1.29 is 9.53 Å². The van der Waals surface area contributed by atoms with Gasteiger partial charge in [-0.05, 0) is 66.8 Å². The Morgan fingerprint density at radius 3 is 2.54 bits per heavy atom. The maximum atomic E-state index is 13.7. The summed E-state index contributed by atoms with van der Waals surface area (Å²) in [6.45, 7) is 7.13. The van der Waals surface area contributed by atoms with Gasteiger partial charge >= 0.3 is 0 Å². The summed E-state index contributed by atoms with van der Waals surface area (Å²) in [5.41, 5.74) is 3.30. The molecule has 0 aliphatic heterocycles. The molecule has 5 aromatic rings. The van der Waals surface area contributed by atoms with Gasteiger partial charge in [0.25, 0.3) is 5.91 Å². The number of nitrogens with zero attached hydrogens (tertiary/aromatic N) is 5. The van der Waals surface area contributed by atoms with E-state index in [1.165, 1.54) is 6.33 Å². The van der Waals surface area contributed by atoms with Gasteiger partial charge in [-0.2, -0.15) is 5.10 Å². The highest BCUT2D eigenvalue weighted by atomic mass is 16.5. The average molecular weight is 550 g/mol. The molecule has 0 unspecified atom stereocenters. The van der Waals surface area contributed by atoms with E-state index in [1.807, 2.05) is 73.4 Å². The van der Waals surface area contributed by atoms with E-state index in [0.29, 0.717) is 28.8 Å². The highest BCUT2D eigenvalue weighted by molar-refractivity contribution is 6.13. The first-order valence-electron chi connectivity index (χ1n) is 13.5. The van der Waals surface area contributed by atoms with Crippen LogP contribution in [-0.2, 0) is 12.0 Å². The van der Waals surface area contributed by atoms with Crippen LogP contribution in [0.1, 0.15) is 42.4 Å². The van der Waals surface area contributed by atoms with E-state index in [4.69, 9.17) is 9.84 Å². The first-order valence-corrected chi connectivity index (χ1v) is 13.5. The van der Waals surface area contributed by atoms with Crippen LogP contribution in [0.25, 0.3) is 16.5 Å². The van der Waals surface area contributed by atoms with E-state index in [0.717, 1.165) is 34.3 Å². The zero-order valence-corrected chi connectivity index (χ0v) is 24.3. The molecule has 0 saturated heterocycles. The minimum absolute atomic E-state index is 0.195. The van der Waals surface area contributed by atoms with Crippen molar-refractivity contribution >= 4 is 28.3 Å². The second-order valence-electron chi connectivity index (χ2n) is 11.2. The highest BCUT2D eigenvalue weighted by Crippen LogP contribution is 2.30. The molecule has 0 fully saturated rings. The number of rotatable bonds is 8. The van der Waals surface area contributed by atoms with Crippen molar-refractivity contribution in [2.45, 2.75) is 32.7 Å². The number of carbonyl (C=O) groups is 1. The molecule has 5 rings (SSSR count). The number of nitrogens with one attached hydrogen (secondary N) is 2. The number of carbonyl (C=O) groups excluding carboxylic acids is 1. The Morgan fingerprint density at radius 1 is 0.976 bits per heavy atom. The van der Waals surface area contributed by atoms with Crippen molar-refractivity contribution in [1.82, 2.24) is 24.6 Å². The Balaban J connectivity index is 1.46. The van der Waals surface area contributed by atoms with Gasteiger partial charge in [-0.15, -0.1) is 0 Å². The molecule has 0 saturated carbocycles. The number of amides is 1. The first kappa shape index (κ1) is 27.8. The Labute approximate surface area is 240 Å². The lowest BCUT2D eigenvalue weighted by Crippen LogP contribution is -2.16. The standard InChI is InChI=1S/C32H35N7O2/c1-32(2,3)27-17-29(39(37-27)23-11-7-9-21(15-23)19-38(5)6)36-31(40)26-12-8-10-22-16-24(13-14-25(22)26)41-30-18-28(33-4)34-20-35-30/h7-18,20H,19H2,1-6H3,(H,36,40)(H,33,34,35). The summed E-state index contributed by atoms with van der Waals surface area (Å²) < 4.78 is 7.77. The predicted octanol–water partition coefficient (Wildman–Crippen LogP) is 6.26. The molecule has 0 atom stereocenters. The SMILES string of the molecule is CNc1cc(Oc2ccc3c(C(=O)Nc4cc(C(C)(C)C)nn4-c4cccc(CN(C)C)c4)cccc3c2)ncn1. The van der Waals surface area contributed by atoms with Crippen molar-refractivity contribution in [2.24, 2.45) is 0 Å². The third-order valence-electron chi connectivity index (χ3n) is 6.59. The molecule has 9 heteroatoms. The Hall–Kier alpha value is -4.76. The lowest BCUT2D eigenvalue weighted by Gasteiger charge is -2.14. The van der Waals surface area contributed by atoms with E-state index in [1.54, 1.807) is 13.1 Å². The van der Waals surface area contributed by atoms with Crippen LogP contribution < -0.4 is 15.4 Å². The van der Waals surface area contributed by atoms with E-state index < -0.39 is 0 Å². The Kier molecular flexibility index (Phi) is 7.72. The first-order chi connectivity index (χ1) is 19.6. The van der Waals surface area contributed by atoms with Crippen LogP contribution in [0.4, 0.5) is 11.6 Å². The zero-order valence-electron chi connectivity index (χ0n) is 24.3. The summed E-state index contributed by atoms with van der Waals surface area (Å²) in [7, 11) is 5.87. The van der Waals surface area contributed by atoms with E-state index in [-0.39, 0.29) is 11.3 Å². The van der Waals surface area contributed by atoms with Gasteiger partial charge in [0.05, 0.1) is 11.4 Å². The van der Waals surface area contributed by atoms with Crippen LogP contribution in [0, 0.1) is 0 Å². The number of hydrogen-bond donors (Lipinski definition) is 2. The molecule has 2 aromatic heterocycles. The maximum Gasteiger partial charge on any atom is 0.257 e. The van der Waals surface area contributed by atoms with Gasteiger partial charge in [0.15, 0.2) is 0 Å². The van der Waals surface area contributed by atoms with Gasteiger partial charge in [0.2, 0.25) is 5.88 Å². The minimum Gasteiger partial charge on any atom is -0.439 e. The maximum absolute atomic E-state index is 13.7. The molecular formula is C32H35N7O2. The van der Waals surface area contributed by atoms with Crippen LogP contribution in [0.15, 0.2) is 79.1 Å². The average Bonchev–Trinajstić information content (AvgIpc) is 3.37. The quantitative estimate of drug-likeness (QED) is 0.236. The van der Waals surface area contributed by atoms with Gasteiger partial charge in [-0.1, -0.05) is 45.0 Å². The van der Waals surface area contributed by atoms with Crippen molar-refractivity contribution in [3.05, 3.63) is 95.9 Å². The molecule has 0 spiro atoms.